The number of ether oxygens (including phenoxy) is 1. The molecule has 1 saturated heterocycles. The Bertz CT molecular complexity index is 1300. The van der Waals surface area contributed by atoms with Gasteiger partial charge in [-0.3, -0.25) is 4.79 Å². The first-order chi connectivity index (χ1) is 15.6. The molecule has 1 aliphatic rings. The molecule has 0 aliphatic carbocycles. The first kappa shape index (κ1) is 20.0. The summed E-state index contributed by atoms with van der Waals surface area (Å²) in [7, 11) is 0. The van der Waals surface area contributed by atoms with Crippen molar-refractivity contribution in [2.45, 2.75) is 19.4 Å². The lowest BCUT2D eigenvalue weighted by Gasteiger charge is -2.18. The molecule has 2 aromatic carbocycles. The van der Waals surface area contributed by atoms with Crippen LogP contribution in [0.4, 0.5) is 17.5 Å². The van der Waals surface area contributed by atoms with Gasteiger partial charge >= 0.3 is 0 Å². The molecule has 3 heterocycles. The molecule has 0 bridgehead atoms. The monoisotopic (exact) mass is 428 g/mol. The summed E-state index contributed by atoms with van der Waals surface area (Å²) >= 11 is 0. The van der Waals surface area contributed by atoms with Gasteiger partial charge in [0.25, 0.3) is 5.56 Å². The number of anilines is 3. The van der Waals surface area contributed by atoms with Crippen LogP contribution in [-0.4, -0.2) is 34.1 Å². The van der Waals surface area contributed by atoms with Gasteiger partial charge in [0.2, 0.25) is 5.95 Å². The molecule has 1 fully saturated rings. The number of aromatic amines is 1. The number of nitrogens with one attached hydrogen (secondary N) is 2. The normalized spacial score (nSPS) is 15.8. The molecule has 0 spiro atoms. The first-order valence-corrected chi connectivity index (χ1v) is 10.6. The number of pyridine rings is 1. The van der Waals surface area contributed by atoms with Crippen LogP contribution in [-0.2, 0) is 0 Å². The van der Waals surface area contributed by atoms with Crippen molar-refractivity contribution < 1.29 is 4.74 Å². The summed E-state index contributed by atoms with van der Waals surface area (Å²) in [5, 5.41) is 3.73. The molecule has 0 saturated carbocycles. The minimum Gasteiger partial charge on any atom is -0.457 e. The van der Waals surface area contributed by atoms with Gasteiger partial charge in [-0.1, -0.05) is 18.2 Å². The molecular formula is C24H24N6O2. The minimum absolute atomic E-state index is 0.100. The molecule has 2 aromatic heterocycles. The van der Waals surface area contributed by atoms with E-state index in [1.165, 1.54) is 0 Å². The summed E-state index contributed by atoms with van der Waals surface area (Å²) in [6, 6.07) is 17.2. The van der Waals surface area contributed by atoms with Crippen LogP contribution in [0.3, 0.4) is 0 Å². The van der Waals surface area contributed by atoms with Gasteiger partial charge < -0.3 is 25.7 Å². The number of aryl methyl sites for hydroxylation is 1. The lowest BCUT2D eigenvalue weighted by Crippen LogP contribution is -2.28. The van der Waals surface area contributed by atoms with Crippen LogP contribution < -0.4 is 26.2 Å². The fourth-order valence-corrected chi connectivity index (χ4v) is 3.83. The van der Waals surface area contributed by atoms with E-state index in [2.05, 4.69) is 15.2 Å². The maximum atomic E-state index is 12.7. The summed E-state index contributed by atoms with van der Waals surface area (Å²) in [6.45, 7) is 3.41. The van der Waals surface area contributed by atoms with Crippen molar-refractivity contribution in [3.63, 3.8) is 0 Å². The van der Waals surface area contributed by atoms with Crippen molar-refractivity contribution in [3.8, 4) is 11.5 Å². The summed E-state index contributed by atoms with van der Waals surface area (Å²) in [5.74, 6) is 2.53. The van der Waals surface area contributed by atoms with Crippen LogP contribution >= 0.6 is 0 Å². The molecule has 4 N–H and O–H groups in total. The van der Waals surface area contributed by atoms with Crippen LogP contribution in [0, 0.1) is 6.92 Å². The lowest BCUT2D eigenvalue weighted by molar-refractivity contribution is 0.483. The maximum Gasteiger partial charge on any atom is 0.261 e. The molecule has 32 heavy (non-hydrogen) atoms. The van der Waals surface area contributed by atoms with Crippen LogP contribution in [0.15, 0.2) is 65.6 Å². The van der Waals surface area contributed by atoms with Gasteiger partial charge in [-0.25, -0.2) is 4.98 Å². The SMILES string of the molecule is Cc1c[nH]c(=O)c2c(Nc3ccc(Oc4ccccc4)cc3)nc(N3CCC(N)C3)nc12. The third-order valence-electron chi connectivity index (χ3n) is 5.52. The number of hydrogen-bond acceptors (Lipinski definition) is 7. The van der Waals surface area contributed by atoms with Gasteiger partial charge in [-0.15, -0.1) is 0 Å². The molecule has 162 valence electrons. The summed E-state index contributed by atoms with van der Waals surface area (Å²) < 4.78 is 5.86. The number of para-hydroxylation sites is 1. The van der Waals surface area contributed by atoms with Crippen LogP contribution in [0.1, 0.15) is 12.0 Å². The quantitative estimate of drug-likeness (QED) is 0.445. The predicted octanol–water partition coefficient (Wildman–Crippen LogP) is 3.70. The van der Waals surface area contributed by atoms with E-state index in [-0.39, 0.29) is 11.6 Å². The fourth-order valence-electron chi connectivity index (χ4n) is 3.83. The van der Waals surface area contributed by atoms with E-state index < -0.39 is 0 Å². The topological polar surface area (TPSA) is 109 Å². The maximum absolute atomic E-state index is 12.7. The molecule has 0 radical (unpaired) electrons. The Morgan fingerprint density at radius 1 is 1.09 bits per heavy atom. The summed E-state index contributed by atoms with van der Waals surface area (Å²) in [6.07, 6.45) is 2.57. The molecular weight excluding hydrogens is 404 g/mol. The number of aromatic nitrogens is 3. The molecule has 5 rings (SSSR count). The summed E-state index contributed by atoms with van der Waals surface area (Å²) in [5.41, 5.74) is 8.14. The van der Waals surface area contributed by atoms with Crippen molar-refractivity contribution in [3.05, 3.63) is 76.7 Å². The second-order valence-corrected chi connectivity index (χ2v) is 7.96. The molecule has 1 aliphatic heterocycles. The van der Waals surface area contributed by atoms with Crippen LogP contribution in [0.5, 0.6) is 11.5 Å². The highest BCUT2D eigenvalue weighted by molar-refractivity contribution is 5.92. The molecule has 1 atom stereocenters. The largest absolute Gasteiger partial charge is 0.457 e. The number of H-pyrrole nitrogens is 1. The Balaban J connectivity index is 1.49. The number of rotatable bonds is 5. The Hall–Kier alpha value is -3.91. The fraction of sp³-hybridized carbons (Fsp3) is 0.208. The van der Waals surface area contributed by atoms with Crippen molar-refractivity contribution in [2.24, 2.45) is 5.73 Å². The van der Waals surface area contributed by atoms with Crippen molar-refractivity contribution in [1.29, 1.82) is 0 Å². The average molecular weight is 428 g/mol. The smallest absolute Gasteiger partial charge is 0.261 e. The molecule has 1 unspecified atom stereocenters. The molecule has 0 amide bonds. The number of benzene rings is 2. The zero-order valence-electron chi connectivity index (χ0n) is 17.7. The van der Waals surface area contributed by atoms with E-state index in [1.807, 2.05) is 61.5 Å². The molecule has 8 nitrogen and oxygen atoms in total. The Labute approximate surface area is 185 Å². The zero-order valence-corrected chi connectivity index (χ0v) is 17.7. The van der Waals surface area contributed by atoms with Crippen molar-refractivity contribution in [2.75, 3.05) is 23.3 Å². The van der Waals surface area contributed by atoms with E-state index in [9.17, 15) is 4.79 Å². The highest BCUT2D eigenvalue weighted by atomic mass is 16.5. The first-order valence-electron chi connectivity index (χ1n) is 10.6. The Kier molecular flexibility index (Phi) is 5.20. The van der Waals surface area contributed by atoms with Gasteiger partial charge in [-0.2, -0.15) is 4.98 Å². The van der Waals surface area contributed by atoms with E-state index in [1.54, 1.807) is 6.20 Å². The third kappa shape index (κ3) is 4.00. The highest BCUT2D eigenvalue weighted by Gasteiger charge is 2.23. The van der Waals surface area contributed by atoms with Crippen molar-refractivity contribution in [1.82, 2.24) is 15.0 Å². The standard InChI is InChI=1S/C24H24N6O2/c1-15-13-26-23(31)20-21(15)28-24(30-12-11-16(25)14-30)29-22(20)27-17-7-9-19(10-8-17)32-18-5-3-2-4-6-18/h2-10,13,16H,11-12,14,25H2,1H3,(H,26,31)(H,27,28,29). The van der Waals surface area contributed by atoms with Crippen molar-refractivity contribution >= 4 is 28.4 Å². The van der Waals surface area contributed by atoms with E-state index in [0.29, 0.717) is 29.2 Å². The average Bonchev–Trinajstić information content (AvgIpc) is 3.24. The number of fused-ring (bicyclic) bond motifs is 1. The number of hydrogen-bond donors (Lipinski definition) is 3. The molecule has 8 heteroatoms. The van der Waals surface area contributed by atoms with E-state index >= 15 is 0 Å². The molecule has 4 aromatic rings. The predicted molar refractivity (Wildman–Crippen MR) is 126 cm³/mol. The van der Waals surface area contributed by atoms with Crippen LogP contribution in [0.25, 0.3) is 10.9 Å². The second kappa shape index (κ2) is 8.32. The number of nitrogens with two attached hydrogens (primary N) is 1. The van der Waals surface area contributed by atoms with Crippen LogP contribution in [0.2, 0.25) is 0 Å². The Morgan fingerprint density at radius 3 is 2.56 bits per heavy atom. The second-order valence-electron chi connectivity index (χ2n) is 7.96. The van der Waals surface area contributed by atoms with E-state index in [4.69, 9.17) is 20.4 Å². The van der Waals surface area contributed by atoms with Gasteiger partial charge in [0.05, 0.1) is 5.52 Å². The van der Waals surface area contributed by atoms with E-state index in [0.717, 1.165) is 35.7 Å². The highest BCUT2D eigenvalue weighted by Crippen LogP contribution is 2.28. The minimum atomic E-state index is -0.234. The Morgan fingerprint density at radius 2 is 1.84 bits per heavy atom. The summed E-state index contributed by atoms with van der Waals surface area (Å²) in [4.78, 5) is 26.9. The number of nitrogens with zero attached hydrogens (tertiary/aromatic N) is 3. The van der Waals surface area contributed by atoms with Gasteiger partial charge in [-0.05, 0) is 55.3 Å². The van der Waals surface area contributed by atoms with Gasteiger partial charge in [0.15, 0.2) is 0 Å². The lowest BCUT2D eigenvalue weighted by atomic mass is 10.2. The van der Waals surface area contributed by atoms with Gasteiger partial charge in [0.1, 0.15) is 22.7 Å². The van der Waals surface area contributed by atoms with Gasteiger partial charge in [0, 0.05) is 31.0 Å². The third-order valence-corrected chi connectivity index (χ3v) is 5.52. The zero-order chi connectivity index (χ0) is 22.1.